The van der Waals surface area contributed by atoms with Crippen molar-refractivity contribution in [3.63, 3.8) is 0 Å². The van der Waals surface area contributed by atoms with Crippen LogP contribution >= 0.6 is 23.4 Å². The van der Waals surface area contributed by atoms with E-state index in [4.69, 9.17) is 16.3 Å². The standard InChI is InChI=1S/C21H23ClN4O2S/c1-13(2)15-5-7-16(8-6-15)26-12-23-25-21(26)29-11-20(27)24-18-9-14(3)17(22)10-19(18)28-4/h5-10,12-13H,11H2,1-4H3,(H,24,27). The van der Waals surface area contributed by atoms with E-state index in [0.717, 1.165) is 11.3 Å². The quantitative estimate of drug-likeness (QED) is 0.528. The molecular formula is C21H23ClN4O2S. The zero-order valence-electron chi connectivity index (χ0n) is 16.8. The summed E-state index contributed by atoms with van der Waals surface area (Å²) in [6.45, 7) is 6.19. The van der Waals surface area contributed by atoms with Gasteiger partial charge in [0.15, 0.2) is 5.16 Å². The topological polar surface area (TPSA) is 69.0 Å². The number of halogens is 1. The molecule has 0 aliphatic heterocycles. The fraction of sp³-hybridized carbons (Fsp3) is 0.286. The lowest BCUT2D eigenvalue weighted by molar-refractivity contribution is -0.113. The molecule has 29 heavy (non-hydrogen) atoms. The summed E-state index contributed by atoms with van der Waals surface area (Å²) in [6.07, 6.45) is 1.65. The van der Waals surface area contributed by atoms with E-state index in [9.17, 15) is 4.79 Å². The number of carbonyl (C=O) groups excluding carboxylic acids is 1. The molecule has 0 fully saturated rings. The van der Waals surface area contributed by atoms with Crippen LogP contribution in [0.3, 0.4) is 0 Å². The Labute approximate surface area is 179 Å². The highest BCUT2D eigenvalue weighted by Gasteiger charge is 2.13. The van der Waals surface area contributed by atoms with E-state index in [2.05, 4.69) is 41.5 Å². The number of benzene rings is 2. The average molecular weight is 431 g/mol. The number of hydrogen-bond acceptors (Lipinski definition) is 5. The van der Waals surface area contributed by atoms with Crippen LogP contribution in [0, 0.1) is 6.92 Å². The Balaban J connectivity index is 1.68. The van der Waals surface area contributed by atoms with Crippen molar-refractivity contribution >= 4 is 35.0 Å². The summed E-state index contributed by atoms with van der Waals surface area (Å²) in [4.78, 5) is 12.5. The number of anilines is 1. The van der Waals surface area contributed by atoms with Crippen molar-refractivity contribution in [2.75, 3.05) is 18.2 Å². The van der Waals surface area contributed by atoms with Crippen molar-refractivity contribution in [2.45, 2.75) is 31.8 Å². The molecule has 3 rings (SSSR count). The monoisotopic (exact) mass is 430 g/mol. The van der Waals surface area contributed by atoms with E-state index in [1.54, 1.807) is 25.6 Å². The van der Waals surface area contributed by atoms with Crippen LogP contribution < -0.4 is 10.1 Å². The maximum Gasteiger partial charge on any atom is 0.234 e. The number of hydrogen-bond donors (Lipinski definition) is 1. The van der Waals surface area contributed by atoms with Crippen LogP contribution in [0.5, 0.6) is 5.75 Å². The Morgan fingerprint density at radius 1 is 1.28 bits per heavy atom. The molecule has 1 heterocycles. The average Bonchev–Trinajstić information content (AvgIpc) is 3.17. The minimum Gasteiger partial charge on any atom is -0.495 e. The number of rotatable bonds is 7. The third-order valence-electron chi connectivity index (χ3n) is 4.44. The zero-order valence-corrected chi connectivity index (χ0v) is 18.3. The predicted octanol–water partition coefficient (Wildman–Crippen LogP) is 5.09. The number of ether oxygens (including phenoxy) is 1. The highest BCUT2D eigenvalue weighted by atomic mass is 35.5. The molecule has 0 saturated heterocycles. The number of nitrogens with zero attached hydrogens (tertiary/aromatic N) is 3. The van der Waals surface area contributed by atoms with Gasteiger partial charge in [0.1, 0.15) is 12.1 Å². The highest BCUT2D eigenvalue weighted by molar-refractivity contribution is 7.99. The molecule has 0 spiro atoms. The minimum absolute atomic E-state index is 0.167. The van der Waals surface area contributed by atoms with Gasteiger partial charge in [-0.25, -0.2) is 0 Å². The Bertz CT molecular complexity index is 1000. The molecule has 0 atom stereocenters. The summed E-state index contributed by atoms with van der Waals surface area (Å²) in [7, 11) is 1.54. The first-order valence-electron chi connectivity index (χ1n) is 9.16. The molecule has 3 aromatic rings. The molecule has 0 aliphatic rings. The van der Waals surface area contributed by atoms with Gasteiger partial charge in [-0.05, 0) is 42.2 Å². The Hall–Kier alpha value is -2.51. The summed E-state index contributed by atoms with van der Waals surface area (Å²) in [5, 5.41) is 12.2. The van der Waals surface area contributed by atoms with E-state index < -0.39 is 0 Å². The molecule has 1 N–H and O–H groups in total. The van der Waals surface area contributed by atoms with Crippen molar-refractivity contribution in [1.82, 2.24) is 14.8 Å². The Morgan fingerprint density at radius 3 is 2.66 bits per heavy atom. The molecular weight excluding hydrogens is 408 g/mol. The Morgan fingerprint density at radius 2 is 2.00 bits per heavy atom. The molecule has 6 nitrogen and oxygen atoms in total. The molecule has 1 amide bonds. The number of carbonyl (C=O) groups is 1. The largest absolute Gasteiger partial charge is 0.495 e. The molecule has 0 bridgehead atoms. The van der Waals surface area contributed by atoms with Crippen molar-refractivity contribution in [3.05, 3.63) is 58.9 Å². The fourth-order valence-electron chi connectivity index (χ4n) is 2.77. The second-order valence-corrected chi connectivity index (χ2v) is 8.22. The van der Waals surface area contributed by atoms with Crippen LogP contribution in [-0.2, 0) is 4.79 Å². The summed E-state index contributed by atoms with van der Waals surface area (Å²) in [5.41, 5.74) is 3.67. The number of aryl methyl sites for hydroxylation is 1. The van der Waals surface area contributed by atoms with Crippen LogP contribution in [0.2, 0.25) is 5.02 Å². The summed E-state index contributed by atoms with van der Waals surface area (Å²) in [6, 6.07) is 11.7. The van der Waals surface area contributed by atoms with Gasteiger partial charge >= 0.3 is 0 Å². The number of methoxy groups -OCH3 is 1. The first-order chi connectivity index (χ1) is 13.9. The van der Waals surface area contributed by atoms with Gasteiger partial charge in [0.05, 0.1) is 18.6 Å². The van der Waals surface area contributed by atoms with Gasteiger partial charge < -0.3 is 10.1 Å². The molecule has 2 aromatic carbocycles. The summed E-state index contributed by atoms with van der Waals surface area (Å²) >= 11 is 7.44. The van der Waals surface area contributed by atoms with E-state index in [0.29, 0.717) is 27.5 Å². The van der Waals surface area contributed by atoms with Gasteiger partial charge in [-0.1, -0.05) is 49.3 Å². The summed E-state index contributed by atoms with van der Waals surface area (Å²) < 4.78 is 7.17. The number of amides is 1. The van der Waals surface area contributed by atoms with Crippen molar-refractivity contribution in [2.24, 2.45) is 0 Å². The molecule has 1 aromatic heterocycles. The lowest BCUT2D eigenvalue weighted by Gasteiger charge is -2.12. The maximum atomic E-state index is 12.5. The number of nitrogens with one attached hydrogen (secondary N) is 1. The van der Waals surface area contributed by atoms with Crippen molar-refractivity contribution in [3.8, 4) is 11.4 Å². The van der Waals surface area contributed by atoms with Crippen LogP contribution in [0.4, 0.5) is 5.69 Å². The van der Waals surface area contributed by atoms with E-state index in [1.807, 2.05) is 23.6 Å². The lowest BCUT2D eigenvalue weighted by Crippen LogP contribution is -2.15. The molecule has 0 aliphatic carbocycles. The fourth-order valence-corrected chi connectivity index (χ4v) is 3.65. The number of thioether (sulfide) groups is 1. The van der Waals surface area contributed by atoms with Crippen LogP contribution in [0.15, 0.2) is 47.9 Å². The SMILES string of the molecule is COc1cc(Cl)c(C)cc1NC(=O)CSc1nncn1-c1ccc(C(C)C)cc1. The lowest BCUT2D eigenvalue weighted by atomic mass is 10.0. The zero-order chi connectivity index (χ0) is 21.0. The second-order valence-electron chi connectivity index (χ2n) is 6.87. The molecule has 152 valence electrons. The summed E-state index contributed by atoms with van der Waals surface area (Å²) in [5.74, 6) is 1.01. The van der Waals surface area contributed by atoms with E-state index in [1.165, 1.54) is 17.3 Å². The van der Waals surface area contributed by atoms with Gasteiger partial charge in [-0.2, -0.15) is 0 Å². The molecule has 8 heteroatoms. The smallest absolute Gasteiger partial charge is 0.234 e. The molecule has 0 unspecified atom stereocenters. The highest BCUT2D eigenvalue weighted by Crippen LogP contribution is 2.31. The van der Waals surface area contributed by atoms with Crippen LogP contribution in [0.1, 0.15) is 30.9 Å². The molecule has 0 radical (unpaired) electrons. The number of aromatic nitrogens is 3. The predicted molar refractivity (Wildman–Crippen MR) is 118 cm³/mol. The maximum absolute atomic E-state index is 12.5. The van der Waals surface area contributed by atoms with Gasteiger partial charge in [-0.15, -0.1) is 10.2 Å². The third-order valence-corrected chi connectivity index (χ3v) is 5.79. The normalized spacial score (nSPS) is 11.0. The second kappa shape index (κ2) is 9.33. The van der Waals surface area contributed by atoms with Crippen molar-refractivity contribution in [1.29, 1.82) is 0 Å². The Kier molecular flexibility index (Phi) is 6.82. The minimum atomic E-state index is -0.167. The van der Waals surface area contributed by atoms with Crippen LogP contribution in [-0.4, -0.2) is 33.5 Å². The van der Waals surface area contributed by atoms with E-state index in [-0.39, 0.29) is 11.7 Å². The van der Waals surface area contributed by atoms with Crippen LogP contribution in [0.25, 0.3) is 5.69 Å². The molecule has 0 saturated carbocycles. The first-order valence-corrected chi connectivity index (χ1v) is 10.5. The van der Waals surface area contributed by atoms with Gasteiger partial charge in [-0.3, -0.25) is 9.36 Å². The third kappa shape index (κ3) is 5.10. The van der Waals surface area contributed by atoms with Gasteiger partial charge in [0, 0.05) is 16.8 Å². The van der Waals surface area contributed by atoms with E-state index >= 15 is 0 Å². The van der Waals surface area contributed by atoms with Crippen molar-refractivity contribution < 1.29 is 9.53 Å². The van der Waals surface area contributed by atoms with Gasteiger partial charge in [0.2, 0.25) is 5.91 Å². The van der Waals surface area contributed by atoms with Gasteiger partial charge in [0.25, 0.3) is 0 Å². The first kappa shape index (κ1) is 21.2.